The first-order valence-corrected chi connectivity index (χ1v) is 4.64. The number of aliphatic hydroxyl groups excluding tert-OH is 1. The molecule has 2 atom stereocenters. The van der Waals surface area contributed by atoms with Crippen molar-refractivity contribution >= 4 is 5.91 Å². The quantitative estimate of drug-likeness (QED) is 0.614. The zero-order chi connectivity index (χ0) is 10.6. The predicted molar refractivity (Wildman–Crippen MR) is 51.5 cm³/mol. The maximum Gasteiger partial charge on any atom is 0.235 e. The summed E-state index contributed by atoms with van der Waals surface area (Å²) in [6.45, 7) is 2.73. The van der Waals surface area contributed by atoms with E-state index in [0.29, 0.717) is 13.2 Å². The van der Waals surface area contributed by atoms with Crippen molar-refractivity contribution in [1.29, 1.82) is 0 Å². The lowest BCUT2D eigenvalue weighted by Crippen LogP contribution is -2.51. The van der Waals surface area contributed by atoms with Gasteiger partial charge < -0.3 is 14.7 Å². The summed E-state index contributed by atoms with van der Waals surface area (Å²) in [5, 5.41) is 8.90. The number of carbonyl (C=O) groups is 1. The first-order chi connectivity index (χ1) is 6.69. The summed E-state index contributed by atoms with van der Waals surface area (Å²) >= 11 is 0. The number of amides is 1. The Balaban J connectivity index is 2.56. The molecule has 78 valence electrons. The zero-order valence-corrected chi connectivity index (χ0v) is 8.27. The fourth-order valence-corrected chi connectivity index (χ4v) is 1.46. The Morgan fingerprint density at radius 2 is 2.50 bits per heavy atom. The average molecular weight is 197 g/mol. The molecule has 1 rings (SSSR count). The van der Waals surface area contributed by atoms with E-state index >= 15 is 0 Å². The second-order valence-electron chi connectivity index (χ2n) is 3.41. The third kappa shape index (κ3) is 2.47. The third-order valence-corrected chi connectivity index (χ3v) is 2.28. The Morgan fingerprint density at radius 3 is 3.07 bits per heavy atom. The Kier molecular flexibility index (Phi) is 3.93. The van der Waals surface area contributed by atoms with E-state index in [2.05, 4.69) is 5.92 Å². The fourth-order valence-electron chi connectivity index (χ4n) is 1.46. The molecule has 0 aromatic heterocycles. The largest absolute Gasteiger partial charge is 0.394 e. The lowest BCUT2D eigenvalue weighted by atomic mass is 10.2. The van der Waals surface area contributed by atoms with E-state index in [4.69, 9.17) is 16.3 Å². The molecule has 14 heavy (non-hydrogen) atoms. The maximum atomic E-state index is 11.5. The highest BCUT2D eigenvalue weighted by molar-refractivity contribution is 5.79. The van der Waals surface area contributed by atoms with Gasteiger partial charge >= 0.3 is 0 Å². The van der Waals surface area contributed by atoms with E-state index in [0.717, 1.165) is 0 Å². The smallest absolute Gasteiger partial charge is 0.235 e. The molecule has 0 spiro atoms. The monoisotopic (exact) mass is 197 g/mol. The van der Waals surface area contributed by atoms with Gasteiger partial charge in [-0.15, -0.1) is 6.42 Å². The van der Waals surface area contributed by atoms with Gasteiger partial charge in [-0.05, 0) is 6.92 Å². The van der Waals surface area contributed by atoms with Crippen LogP contribution in [0.2, 0.25) is 0 Å². The third-order valence-electron chi connectivity index (χ3n) is 2.28. The molecule has 0 aliphatic carbocycles. The summed E-state index contributed by atoms with van der Waals surface area (Å²) in [6, 6.07) is 0.0404. The molecule has 0 saturated carbocycles. The van der Waals surface area contributed by atoms with Gasteiger partial charge in [0.15, 0.2) is 0 Å². The molecule has 0 bridgehead atoms. The van der Waals surface area contributed by atoms with Crippen molar-refractivity contribution in [3.63, 3.8) is 0 Å². The van der Waals surface area contributed by atoms with Crippen LogP contribution in [-0.4, -0.2) is 47.8 Å². The zero-order valence-electron chi connectivity index (χ0n) is 8.27. The van der Waals surface area contributed by atoms with E-state index in [1.807, 2.05) is 6.92 Å². The number of terminal acetylenes is 1. The summed E-state index contributed by atoms with van der Waals surface area (Å²) in [6.07, 6.45) is 4.91. The molecular formula is C10H15NO3. The van der Waals surface area contributed by atoms with Gasteiger partial charge in [0.1, 0.15) is 0 Å². The van der Waals surface area contributed by atoms with Crippen LogP contribution < -0.4 is 0 Å². The van der Waals surface area contributed by atoms with Crippen LogP contribution >= 0.6 is 0 Å². The van der Waals surface area contributed by atoms with Gasteiger partial charge in [-0.1, -0.05) is 5.92 Å². The van der Waals surface area contributed by atoms with Gasteiger partial charge in [0.25, 0.3) is 0 Å². The van der Waals surface area contributed by atoms with Crippen LogP contribution in [-0.2, 0) is 9.53 Å². The number of morpholine rings is 1. The number of carbonyl (C=O) groups excluding carboxylic acids is 1. The van der Waals surface area contributed by atoms with Crippen molar-refractivity contribution in [2.24, 2.45) is 0 Å². The molecule has 1 amide bonds. The highest BCUT2D eigenvalue weighted by Crippen LogP contribution is 2.12. The normalized spacial score (nSPS) is 27.1. The van der Waals surface area contributed by atoms with Crippen LogP contribution in [0.5, 0.6) is 0 Å². The van der Waals surface area contributed by atoms with Crippen LogP contribution in [0.1, 0.15) is 13.3 Å². The minimum absolute atomic E-state index is 0.0404. The molecule has 4 heteroatoms. The van der Waals surface area contributed by atoms with Crippen LogP contribution in [0.15, 0.2) is 0 Å². The molecule has 0 aromatic carbocycles. The van der Waals surface area contributed by atoms with Crippen molar-refractivity contribution in [3.05, 3.63) is 0 Å². The van der Waals surface area contributed by atoms with E-state index in [1.54, 1.807) is 4.90 Å². The van der Waals surface area contributed by atoms with Gasteiger partial charge in [0, 0.05) is 6.54 Å². The molecule has 1 heterocycles. The molecule has 4 nitrogen and oxygen atoms in total. The van der Waals surface area contributed by atoms with E-state index < -0.39 is 0 Å². The van der Waals surface area contributed by atoms with Crippen LogP contribution in [0, 0.1) is 12.3 Å². The molecule has 1 N–H and O–H groups in total. The van der Waals surface area contributed by atoms with Crippen molar-refractivity contribution in [2.75, 3.05) is 19.8 Å². The molecule has 0 radical (unpaired) electrons. The van der Waals surface area contributed by atoms with Crippen LogP contribution in [0.4, 0.5) is 0 Å². The standard InChI is InChI=1S/C10H15NO3/c1-3-4-10(13)11-5-9(6-12)14-7-8(11)2/h1,8-9,12H,4-7H2,2H3. The van der Waals surface area contributed by atoms with Gasteiger partial charge in [-0.3, -0.25) is 4.79 Å². The Labute approximate surface area is 83.8 Å². The summed E-state index contributed by atoms with van der Waals surface area (Å²) in [4.78, 5) is 13.2. The van der Waals surface area contributed by atoms with Crippen LogP contribution in [0.25, 0.3) is 0 Å². The topological polar surface area (TPSA) is 49.8 Å². The Morgan fingerprint density at radius 1 is 1.79 bits per heavy atom. The number of ether oxygens (including phenoxy) is 1. The van der Waals surface area contributed by atoms with Crippen molar-refractivity contribution in [2.45, 2.75) is 25.5 Å². The molecule has 2 unspecified atom stereocenters. The highest BCUT2D eigenvalue weighted by Gasteiger charge is 2.28. The van der Waals surface area contributed by atoms with Gasteiger partial charge in [-0.25, -0.2) is 0 Å². The van der Waals surface area contributed by atoms with Gasteiger partial charge in [0.05, 0.1) is 31.8 Å². The lowest BCUT2D eigenvalue weighted by Gasteiger charge is -2.37. The first kappa shape index (κ1) is 11.0. The number of rotatable bonds is 2. The van der Waals surface area contributed by atoms with Crippen molar-refractivity contribution in [1.82, 2.24) is 4.90 Å². The maximum absolute atomic E-state index is 11.5. The van der Waals surface area contributed by atoms with Crippen molar-refractivity contribution in [3.8, 4) is 12.3 Å². The highest BCUT2D eigenvalue weighted by atomic mass is 16.5. The minimum Gasteiger partial charge on any atom is -0.394 e. The summed E-state index contributed by atoms with van der Waals surface area (Å²) in [5.74, 6) is 2.26. The number of aliphatic hydroxyl groups is 1. The fraction of sp³-hybridized carbons (Fsp3) is 0.700. The minimum atomic E-state index is -0.270. The second kappa shape index (κ2) is 4.99. The number of nitrogens with zero attached hydrogens (tertiary/aromatic N) is 1. The van der Waals surface area contributed by atoms with Crippen molar-refractivity contribution < 1.29 is 14.6 Å². The summed E-state index contributed by atoms with van der Waals surface area (Å²) in [7, 11) is 0. The van der Waals surface area contributed by atoms with E-state index in [1.165, 1.54) is 0 Å². The Hall–Kier alpha value is -1.05. The predicted octanol–water partition coefficient (Wildman–Crippen LogP) is -0.382. The van der Waals surface area contributed by atoms with Gasteiger partial charge in [-0.2, -0.15) is 0 Å². The Bertz CT molecular complexity index is 246. The lowest BCUT2D eigenvalue weighted by molar-refractivity contribution is -0.145. The van der Waals surface area contributed by atoms with E-state index in [-0.39, 0.29) is 31.1 Å². The molecule has 1 aliphatic rings. The van der Waals surface area contributed by atoms with Gasteiger partial charge in [0.2, 0.25) is 5.91 Å². The molecular weight excluding hydrogens is 182 g/mol. The second-order valence-corrected chi connectivity index (χ2v) is 3.41. The SMILES string of the molecule is C#CCC(=O)N1CC(CO)OCC1C. The van der Waals surface area contributed by atoms with Crippen LogP contribution in [0.3, 0.4) is 0 Å². The summed E-state index contributed by atoms with van der Waals surface area (Å²) < 4.78 is 5.30. The molecule has 0 aromatic rings. The average Bonchev–Trinajstić information content (AvgIpc) is 2.19. The molecule has 1 saturated heterocycles. The summed E-state index contributed by atoms with van der Waals surface area (Å²) in [5.41, 5.74) is 0. The first-order valence-electron chi connectivity index (χ1n) is 4.64. The molecule has 1 fully saturated rings. The number of hydrogen-bond donors (Lipinski definition) is 1. The molecule has 1 aliphatic heterocycles. The number of hydrogen-bond acceptors (Lipinski definition) is 3. The van der Waals surface area contributed by atoms with E-state index in [9.17, 15) is 4.79 Å².